The van der Waals surface area contributed by atoms with Crippen LogP contribution in [0.3, 0.4) is 0 Å². The van der Waals surface area contributed by atoms with Crippen molar-refractivity contribution in [3.05, 3.63) is 18.0 Å². The van der Waals surface area contributed by atoms with Gasteiger partial charge in [0.15, 0.2) is 0 Å². The lowest BCUT2D eigenvalue weighted by atomic mass is 10.3. The Morgan fingerprint density at radius 1 is 1.59 bits per heavy atom. The van der Waals surface area contributed by atoms with Crippen LogP contribution in [-0.4, -0.2) is 40.2 Å². The Morgan fingerprint density at radius 2 is 2.29 bits per heavy atom. The molecule has 8 heteroatoms. The summed E-state index contributed by atoms with van der Waals surface area (Å²) in [6, 6.07) is 0. The first kappa shape index (κ1) is 13.3. The van der Waals surface area contributed by atoms with E-state index in [0.717, 1.165) is 18.6 Å². The fourth-order valence-electron chi connectivity index (χ4n) is 1.34. The van der Waals surface area contributed by atoms with E-state index in [2.05, 4.69) is 9.36 Å². The first-order valence-corrected chi connectivity index (χ1v) is 5.33. The molecule has 1 N–H and O–H groups in total. The third-order valence-corrected chi connectivity index (χ3v) is 2.62. The van der Waals surface area contributed by atoms with E-state index in [1.54, 1.807) is 6.92 Å². The van der Waals surface area contributed by atoms with Crippen molar-refractivity contribution in [2.75, 3.05) is 12.0 Å². The van der Waals surface area contributed by atoms with E-state index in [1.165, 1.54) is 17.3 Å². The molecule has 92 valence electrons. The van der Waals surface area contributed by atoms with Crippen molar-refractivity contribution in [1.82, 2.24) is 9.36 Å². The second-order valence-corrected chi connectivity index (χ2v) is 3.66. The molecule has 0 aromatic carbocycles. The van der Waals surface area contributed by atoms with Gasteiger partial charge >= 0.3 is 0 Å². The molecule has 0 spiro atoms. The van der Waals surface area contributed by atoms with Gasteiger partial charge in [0.2, 0.25) is 11.4 Å². The van der Waals surface area contributed by atoms with E-state index in [1.807, 2.05) is 0 Å². The lowest BCUT2D eigenvalue weighted by Gasteiger charge is -2.21. The number of anilines is 1. The van der Waals surface area contributed by atoms with Crippen LogP contribution in [-0.2, 0) is 14.3 Å². The van der Waals surface area contributed by atoms with Gasteiger partial charge in [-0.25, -0.2) is 9.88 Å². The maximum Gasteiger partial charge on any atom is 0.295 e. The van der Waals surface area contributed by atoms with E-state index < -0.39 is 6.23 Å². The number of aromatic nitrogens is 2. The SMILES string of the molecule is CC1=CC(=O)N(c2ncns2)C1OC=O.CO. The summed E-state index contributed by atoms with van der Waals surface area (Å²) >= 11 is 1.07. The first-order chi connectivity index (χ1) is 8.24. The fourth-order valence-corrected chi connectivity index (χ4v) is 1.90. The molecule has 1 amide bonds. The zero-order valence-corrected chi connectivity index (χ0v) is 10.0. The van der Waals surface area contributed by atoms with Gasteiger partial charge in [-0.1, -0.05) is 0 Å². The van der Waals surface area contributed by atoms with Crippen LogP contribution in [0.25, 0.3) is 0 Å². The third-order valence-electron chi connectivity index (χ3n) is 1.95. The molecule has 0 radical (unpaired) electrons. The van der Waals surface area contributed by atoms with Gasteiger partial charge in [0.25, 0.3) is 12.4 Å². The maximum absolute atomic E-state index is 11.6. The molecular formula is C9H11N3O4S. The summed E-state index contributed by atoms with van der Waals surface area (Å²) in [7, 11) is 1.00. The van der Waals surface area contributed by atoms with E-state index in [4.69, 9.17) is 9.84 Å². The number of amides is 1. The number of aliphatic hydroxyl groups is 1. The van der Waals surface area contributed by atoms with Crippen molar-refractivity contribution in [1.29, 1.82) is 0 Å². The molecule has 2 rings (SSSR count). The number of carbonyl (C=O) groups is 2. The van der Waals surface area contributed by atoms with Gasteiger partial charge in [-0.05, 0) is 12.5 Å². The van der Waals surface area contributed by atoms with Crippen LogP contribution in [0.5, 0.6) is 0 Å². The van der Waals surface area contributed by atoms with E-state index >= 15 is 0 Å². The molecule has 1 aromatic rings. The highest BCUT2D eigenvalue weighted by atomic mass is 32.1. The summed E-state index contributed by atoms with van der Waals surface area (Å²) in [5, 5.41) is 7.42. The van der Waals surface area contributed by atoms with Crippen molar-refractivity contribution >= 4 is 29.0 Å². The smallest absolute Gasteiger partial charge is 0.295 e. The minimum Gasteiger partial charge on any atom is -0.439 e. The van der Waals surface area contributed by atoms with Gasteiger partial charge < -0.3 is 9.84 Å². The summed E-state index contributed by atoms with van der Waals surface area (Å²) in [5.74, 6) is -0.254. The van der Waals surface area contributed by atoms with Crippen molar-refractivity contribution in [3.8, 4) is 0 Å². The molecule has 17 heavy (non-hydrogen) atoms. The van der Waals surface area contributed by atoms with Crippen LogP contribution in [0.1, 0.15) is 6.92 Å². The number of ether oxygens (including phenoxy) is 1. The summed E-state index contributed by atoms with van der Waals surface area (Å²) < 4.78 is 8.61. The molecule has 0 bridgehead atoms. The van der Waals surface area contributed by atoms with E-state index in [-0.39, 0.29) is 5.91 Å². The molecule has 1 unspecified atom stereocenters. The van der Waals surface area contributed by atoms with Crippen molar-refractivity contribution in [2.45, 2.75) is 13.2 Å². The maximum atomic E-state index is 11.6. The Morgan fingerprint density at radius 3 is 2.82 bits per heavy atom. The molecule has 0 saturated heterocycles. The van der Waals surface area contributed by atoms with E-state index in [0.29, 0.717) is 17.2 Å². The summed E-state index contributed by atoms with van der Waals surface area (Å²) in [4.78, 5) is 27.1. The minimum absolute atomic E-state index is 0.254. The summed E-state index contributed by atoms with van der Waals surface area (Å²) in [6.07, 6.45) is 2.07. The first-order valence-electron chi connectivity index (χ1n) is 4.56. The van der Waals surface area contributed by atoms with Crippen LogP contribution in [0.15, 0.2) is 18.0 Å². The highest BCUT2D eigenvalue weighted by Crippen LogP contribution is 2.27. The number of carbonyl (C=O) groups excluding carboxylic acids is 2. The molecule has 1 aliphatic heterocycles. The van der Waals surface area contributed by atoms with Gasteiger partial charge in [-0.3, -0.25) is 9.59 Å². The third kappa shape index (κ3) is 2.66. The molecule has 1 aromatic heterocycles. The normalized spacial score (nSPS) is 18.3. The van der Waals surface area contributed by atoms with Crippen LogP contribution in [0.4, 0.5) is 5.13 Å². The zero-order chi connectivity index (χ0) is 12.8. The average molecular weight is 257 g/mol. The second-order valence-electron chi connectivity index (χ2n) is 2.91. The van der Waals surface area contributed by atoms with E-state index in [9.17, 15) is 9.59 Å². The second kappa shape index (κ2) is 6.06. The number of rotatable bonds is 3. The molecule has 0 saturated carbocycles. The van der Waals surface area contributed by atoms with Crippen LogP contribution >= 0.6 is 11.5 Å². The molecule has 1 atom stereocenters. The standard InChI is InChI=1S/C8H7N3O3S.CH4O/c1-5-2-6(13)11(7(5)14-4-12)8-9-3-10-15-8;1-2/h2-4,7H,1H3;2H,1H3. The Bertz CT molecular complexity index is 418. The van der Waals surface area contributed by atoms with Crippen molar-refractivity contribution in [2.24, 2.45) is 0 Å². The summed E-state index contributed by atoms with van der Waals surface area (Å²) in [6.45, 7) is 2.03. The highest BCUT2D eigenvalue weighted by molar-refractivity contribution is 7.09. The Hall–Kier alpha value is -1.80. The fraction of sp³-hybridized carbons (Fsp3) is 0.333. The summed E-state index contributed by atoms with van der Waals surface area (Å²) in [5.41, 5.74) is 0.669. The van der Waals surface area contributed by atoms with Crippen molar-refractivity contribution in [3.63, 3.8) is 0 Å². The predicted molar refractivity (Wildman–Crippen MR) is 60.2 cm³/mol. The molecular weight excluding hydrogens is 246 g/mol. The Balaban J connectivity index is 0.000000686. The number of aliphatic hydroxyl groups excluding tert-OH is 1. The van der Waals surface area contributed by atoms with Crippen LogP contribution in [0.2, 0.25) is 0 Å². The Labute approximate surface area is 102 Å². The highest BCUT2D eigenvalue weighted by Gasteiger charge is 2.34. The topological polar surface area (TPSA) is 92.6 Å². The van der Waals surface area contributed by atoms with Gasteiger partial charge in [0.05, 0.1) is 0 Å². The minimum atomic E-state index is -0.692. The quantitative estimate of drug-likeness (QED) is 0.762. The van der Waals surface area contributed by atoms with Gasteiger partial charge in [0, 0.05) is 24.7 Å². The average Bonchev–Trinajstić information content (AvgIpc) is 2.92. The Kier molecular flexibility index (Phi) is 4.73. The largest absolute Gasteiger partial charge is 0.439 e. The van der Waals surface area contributed by atoms with Gasteiger partial charge in [0.1, 0.15) is 6.33 Å². The molecule has 2 heterocycles. The molecule has 1 aliphatic rings. The van der Waals surface area contributed by atoms with Gasteiger partial charge in [-0.2, -0.15) is 4.37 Å². The molecule has 0 aliphatic carbocycles. The van der Waals surface area contributed by atoms with Crippen molar-refractivity contribution < 1.29 is 19.4 Å². The van der Waals surface area contributed by atoms with Crippen LogP contribution < -0.4 is 4.90 Å². The van der Waals surface area contributed by atoms with Gasteiger partial charge in [-0.15, -0.1) is 0 Å². The lowest BCUT2D eigenvalue weighted by Crippen LogP contribution is -2.36. The predicted octanol–water partition coefficient (Wildman–Crippen LogP) is -0.0614. The monoisotopic (exact) mass is 257 g/mol. The van der Waals surface area contributed by atoms with Crippen LogP contribution in [0, 0.1) is 0 Å². The number of hydrogen-bond acceptors (Lipinski definition) is 7. The number of nitrogens with zero attached hydrogens (tertiary/aromatic N) is 3. The lowest BCUT2D eigenvalue weighted by molar-refractivity contribution is -0.132. The number of hydrogen-bond donors (Lipinski definition) is 1. The molecule has 0 fully saturated rings. The zero-order valence-electron chi connectivity index (χ0n) is 9.23. The molecule has 7 nitrogen and oxygen atoms in total.